The molecule has 0 aliphatic carbocycles. The number of hydrogen-bond acceptors (Lipinski definition) is 6. The second-order valence-corrected chi connectivity index (χ2v) is 7.02. The van der Waals surface area contributed by atoms with E-state index in [0.29, 0.717) is 11.4 Å². The number of nitrogens with zero attached hydrogens (tertiary/aromatic N) is 1. The number of benzene rings is 1. The molecule has 0 spiro atoms. The second-order valence-electron chi connectivity index (χ2n) is 7.02. The van der Waals surface area contributed by atoms with Crippen molar-refractivity contribution in [2.75, 3.05) is 30.9 Å². The highest BCUT2D eigenvalue weighted by Gasteiger charge is 2.48. The Morgan fingerprint density at radius 2 is 1.62 bits per heavy atom. The lowest BCUT2D eigenvalue weighted by atomic mass is 9.79. The Morgan fingerprint density at radius 3 is 2.10 bits per heavy atom. The molecule has 0 saturated heterocycles. The van der Waals surface area contributed by atoms with Crippen molar-refractivity contribution in [2.24, 2.45) is 5.41 Å². The van der Waals surface area contributed by atoms with Gasteiger partial charge in [-0.05, 0) is 52.7 Å². The predicted octanol–water partition coefficient (Wildman–Crippen LogP) is 3.48. The first-order valence-corrected chi connectivity index (χ1v) is 9.78. The van der Waals surface area contributed by atoms with Gasteiger partial charge in [0.15, 0.2) is 5.41 Å². The first-order chi connectivity index (χ1) is 13.7. The Labute approximate surface area is 172 Å². The normalized spacial score (nSPS) is 10.8. The summed E-state index contributed by atoms with van der Waals surface area (Å²) >= 11 is 0. The highest BCUT2D eigenvalue weighted by Crippen LogP contribution is 2.34. The quantitative estimate of drug-likeness (QED) is 0.277. The van der Waals surface area contributed by atoms with Crippen LogP contribution in [-0.2, 0) is 23.9 Å². The lowest BCUT2D eigenvalue weighted by molar-refractivity contribution is -0.172. The van der Waals surface area contributed by atoms with E-state index in [4.69, 9.17) is 15.2 Å². The van der Waals surface area contributed by atoms with Crippen molar-refractivity contribution in [3.63, 3.8) is 0 Å². The highest BCUT2D eigenvalue weighted by molar-refractivity contribution is 6.02. The molecule has 7 nitrogen and oxygen atoms in total. The van der Waals surface area contributed by atoms with Gasteiger partial charge < -0.3 is 20.1 Å². The molecule has 1 amide bonds. The van der Waals surface area contributed by atoms with Crippen LogP contribution in [0.3, 0.4) is 0 Å². The number of rotatable bonds is 10. The average Bonchev–Trinajstić information content (AvgIpc) is 2.68. The maximum absolute atomic E-state index is 12.8. The Kier molecular flexibility index (Phi) is 9.38. The van der Waals surface area contributed by atoms with Crippen molar-refractivity contribution in [3.05, 3.63) is 35.9 Å². The molecule has 1 aromatic carbocycles. The summed E-state index contributed by atoms with van der Waals surface area (Å²) in [5.41, 5.74) is 6.36. The molecular weight excluding hydrogens is 372 g/mol. The molecule has 2 N–H and O–H groups in total. The van der Waals surface area contributed by atoms with E-state index in [-0.39, 0.29) is 38.4 Å². The summed E-state index contributed by atoms with van der Waals surface area (Å²) < 4.78 is 10.4. The summed E-state index contributed by atoms with van der Waals surface area (Å²) in [7, 11) is 1.61. The van der Waals surface area contributed by atoms with E-state index in [1.54, 1.807) is 51.2 Å². The number of esters is 2. The molecule has 0 atom stereocenters. The fourth-order valence-corrected chi connectivity index (χ4v) is 2.89. The van der Waals surface area contributed by atoms with E-state index in [0.717, 1.165) is 5.57 Å². The van der Waals surface area contributed by atoms with Crippen LogP contribution in [0.2, 0.25) is 0 Å². The largest absolute Gasteiger partial charge is 0.465 e. The van der Waals surface area contributed by atoms with E-state index in [2.05, 4.69) is 0 Å². The van der Waals surface area contributed by atoms with Gasteiger partial charge in [-0.1, -0.05) is 23.8 Å². The highest BCUT2D eigenvalue weighted by atomic mass is 16.6. The van der Waals surface area contributed by atoms with Gasteiger partial charge in [0, 0.05) is 13.5 Å². The predicted molar refractivity (Wildman–Crippen MR) is 113 cm³/mol. The molecule has 1 aromatic rings. The monoisotopic (exact) mass is 404 g/mol. The minimum absolute atomic E-state index is 0.0235. The summed E-state index contributed by atoms with van der Waals surface area (Å²) in [6, 6.07) is 7.00. The lowest BCUT2D eigenvalue weighted by Gasteiger charge is -2.29. The molecular formula is C22H32N2O5. The van der Waals surface area contributed by atoms with E-state index in [9.17, 15) is 14.4 Å². The van der Waals surface area contributed by atoms with Gasteiger partial charge in [0.25, 0.3) is 0 Å². The summed E-state index contributed by atoms with van der Waals surface area (Å²) in [5.74, 6) is -1.62. The first kappa shape index (κ1) is 24.2. The SMILES string of the molecule is CCOC(=O)C(CC=C(C)C)(CCC(=O)N(C)c1ccccc1N)C(=O)OCC. The van der Waals surface area contributed by atoms with Crippen molar-refractivity contribution in [2.45, 2.75) is 47.0 Å². The van der Waals surface area contributed by atoms with Gasteiger partial charge in [-0.2, -0.15) is 0 Å². The van der Waals surface area contributed by atoms with Crippen molar-refractivity contribution in [1.29, 1.82) is 0 Å². The van der Waals surface area contributed by atoms with Crippen LogP contribution < -0.4 is 10.6 Å². The summed E-state index contributed by atoms with van der Waals surface area (Å²) in [6.07, 6.45) is 1.83. The van der Waals surface area contributed by atoms with Gasteiger partial charge in [0.05, 0.1) is 24.6 Å². The number of carbonyl (C=O) groups is 3. The molecule has 0 heterocycles. The Hall–Kier alpha value is -2.83. The minimum atomic E-state index is -1.57. The molecule has 7 heteroatoms. The van der Waals surface area contributed by atoms with Crippen LogP contribution in [-0.4, -0.2) is 38.1 Å². The maximum atomic E-state index is 12.8. The standard InChI is InChI=1S/C22H32N2O5/c1-6-28-20(26)22(14-12-16(3)4,21(27)29-7-2)15-13-19(25)24(5)18-11-9-8-10-17(18)23/h8-12H,6-7,13-15,23H2,1-5H3. The summed E-state index contributed by atoms with van der Waals surface area (Å²) in [5, 5.41) is 0. The number of nitrogen functional groups attached to an aromatic ring is 1. The molecule has 29 heavy (non-hydrogen) atoms. The molecule has 160 valence electrons. The fraction of sp³-hybridized carbons (Fsp3) is 0.500. The van der Waals surface area contributed by atoms with Crippen molar-refractivity contribution in [1.82, 2.24) is 0 Å². The minimum Gasteiger partial charge on any atom is -0.465 e. The Balaban J connectivity index is 3.16. The molecule has 0 unspecified atom stereocenters. The number of allylic oxidation sites excluding steroid dienone is 2. The van der Waals surface area contributed by atoms with Gasteiger partial charge in [-0.15, -0.1) is 0 Å². The van der Waals surface area contributed by atoms with Crippen LogP contribution in [0.5, 0.6) is 0 Å². The van der Waals surface area contributed by atoms with Crippen LogP contribution in [0.15, 0.2) is 35.9 Å². The van der Waals surface area contributed by atoms with Crippen molar-refractivity contribution >= 4 is 29.2 Å². The van der Waals surface area contributed by atoms with Gasteiger partial charge >= 0.3 is 11.9 Å². The zero-order valence-electron chi connectivity index (χ0n) is 18.0. The third-order valence-electron chi connectivity index (χ3n) is 4.63. The number of ether oxygens (including phenoxy) is 2. The fourth-order valence-electron chi connectivity index (χ4n) is 2.89. The van der Waals surface area contributed by atoms with Crippen molar-refractivity contribution in [3.8, 4) is 0 Å². The number of para-hydroxylation sites is 2. The second kappa shape index (κ2) is 11.2. The number of carbonyl (C=O) groups excluding carboxylic acids is 3. The van der Waals surface area contributed by atoms with Crippen molar-refractivity contribution < 1.29 is 23.9 Å². The number of anilines is 2. The molecule has 0 bridgehead atoms. The van der Waals surface area contributed by atoms with E-state index < -0.39 is 17.4 Å². The van der Waals surface area contributed by atoms with Crippen LogP contribution in [0.4, 0.5) is 11.4 Å². The Morgan fingerprint density at radius 1 is 1.07 bits per heavy atom. The van der Waals surface area contributed by atoms with Crippen LogP contribution in [0.1, 0.15) is 47.0 Å². The van der Waals surface area contributed by atoms with Crippen LogP contribution in [0.25, 0.3) is 0 Å². The van der Waals surface area contributed by atoms with Gasteiger partial charge in [-0.25, -0.2) is 0 Å². The molecule has 0 aliphatic heterocycles. The zero-order valence-corrected chi connectivity index (χ0v) is 18.0. The number of amides is 1. The molecule has 0 radical (unpaired) electrons. The van der Waals surface area contributed by atoms with E-state index in [1.165, 1.54) is 4.90 Å². The van der Waals surface area contributed by atoms with Gasteiger partial charge in [-0.3, -0.25) is 14.4 Å². The zero-order chi connectivity index (χ0) is 22.0. The lowest BCUT2D eigenvalue weighted by Crippen LogP contribution is -2.43. The molecule has 0 saturated carbocycles. The van der Waals surface area contributed by atoms with Gasteiger partial charge in [0.2, 0.25) is 5.91 Å². The van der Waals surface area contributed by atoms with E-state index >= 15 is 0 Å². The Bertz CT molecular complexity index is 735. The average molecular weight is 405 g/mol. The molecule has 0 aliphatic rings. The van der Waals surface area contributed by atoms with Gasteiger partial charge in [0.1, 0.15) is 0 Å². The van der Waals surface area contributed by atoms with Crippen LogP contribution in [0, 0.1) is 5.41 Å². The smallest absolute Gasteiger partial charge is 0.323 e. The number of nitrogens with two attached hydrogens (primary N) is 1. The third-order valence-corrected chi connectivity index (χ3v) is 4.63. The third kappa shape index (κ3) is 6.34. The molecule has 0 aromatic heterocycles. The van der Waals surface area contributed by atoms with E-state index in [1.807, 2.05) is 13.8 Å². The summed E-state index contributed by atoms with van der Waals surface area (Å²) in [6.45, 7) is 7.35. The topological polar surface area (TPSA) is 98.9 Å². The number of hydrogen-bond donors (Lipinski definition) is 1. The maximum Gasteiger partial charge on any atom is 0.323 e. The summed E-state index contributed by atoms with van der Waals surface area (Å²) in [4.78, 5) is 39.8. The molecule has 1 rings (SSSR count). The molecule has 0 fully saturated rings. The van der Waals surface area contributed by atoms with Crippen LogP contribution >= 0.6 is 0 Å². The first-order valence-electron chi connectivity index (χ1n) is 9.78.